The molecule has 1 aromatic carbocycles. The number of hydrogen-bond acceptors (Lipinski definition) is 5. The Morgan fingerprint density at radius 3 is 2.79 bits per heavy atom. The van der Waals surface area contributed by atoms with Crippen molar-refractivity contribution in [3.05, 3.63) is 77.3 Å². The number of aromatic nitrogens is 2. The topological polar surface area (TPSA) is 50.4 Å². The molecule has 122 valence electrons. The summed E-state index contributed by atoms with van der Waals surface area (Å²) in [5.74, 6) is 0.747. The van der Waals surface area contributed by atoms with Gasteiger partial charge in [0.1, 0.15) is 12.0 Å². The number of ether oxygens (including phenoxy) is 2. The largest absolute Gasteiger partial charge is 0.459 e. The Kier molecular flexibility index (Phi) is 4.20. The van der Waals surface area contributed by atoms with Gasteiger partial charge in [-0.1, -0.05) is 36.4 Å². The summed E-state index contributed by atoms with van der Waals surface area (Å²) in [6.45, 7) is 1.70. The Labute approximate surface area is 144 Å². The molecule has 24 heavy (non-hydrogen) atoms. The summed E-state index contributed by atoms with van der Waals surface area (Å²) in [5.41, 5.74) is 3.34. The fraction of sp³-hybridized carbons (Fsp3) is 0.167. The average molecular weight is 339 g/mol. The number of rotatable bonds is 6. The van der Waals surface area contributed by atoms with Crippen LogP contribution in [0.4, 0.5) is 0 Å². The molecule has 4 rings (SSSR count). The molecule has 6 heteroatoms. The summed E-state index contributed by atoms with van der Waals surface area (Å²) >= 11 is 1.69. The number of aromatic amines is 1. The Bertz CT molecular complexity index is 812. The predicted molar refractivity (Wildman–Crippen MR) is 92.7 cm³/mol. The second-order valence-corrected chi connectivity index (χ2v) is 6.41. The van der Waals surface area contributed by atoms with Crippen LogP contribution in [0.1, 0.15) is 11.1 Å². The molecule has 2 aromatic heterocycles. The van der Waals surface area contributed by atoms with Crippen molar-refractivity contribution in [2.45, 2.75) is 13.1 Å². The minimum atomic E-state index is 0.268. The van der Waals surface area contributed by atoms with Crippen LogP contribution in [0.15, 0.2) is 66.2 Å². The first-order chi connectivity index (χ1) is 11.9. The lowest BCUT2D eigenvalue weighted by Crippen LogP contribution is -2.22. The summed E-state index contributed by atoms with van der Waals surface area (Å²) in [7, 11) is 0. The average Bonchev–Trinajstić information content (AvgIpc) is 3.36. The van der Waals surface area contributed by atoms with Crippen LogP contribution in [-0.2, 0) is 22.6 Å². The van der Waals surface area contributed by atoms with Crippen molar-refractivity contribution in [2.75, 3.05) is 6.79 Å². The van der Waals surface area contributed by atoms with E-state index in [1.807, 2.05) is 30.5 Å². The molecule has 1 aliphatic heterocycles. The van der Waals surface area contributed by atoms with Crippen molar-refractivity contribution in [1.82, 2.24) is 15.1 Å². The maximum Gasteiger partial charge on any atom is 0.232 e. The molecule has 0 unspecified atom stereocenters. The second-order valence-electron chi connectivity index (χ2n) is 5.46. The number of benzene rings is 1. The molecular weight excluding hydrogens is 322 g/mol. The van der Waals surface area contributed by atoms with E-state index in [-0.39, 0.29) is 6.79 Å². The van der Waals surface area contributed by atoms with Crippen molar-refractivity contribution in [2.24, 2.45) is 0 Å². The third kappa shape index (κ3) is 3.14. The van der Waals surface area contributed by atoms with E-state index < -0.39 is 0 Å². The van der Waals surface area contributed by atoms with Crippen LogP contribution in [0.2, 0.25) is 0 Å². The Hall–Kier alpha value is -2.73. The highest BCUT2D eigenvalue weighted by Crippen LogP contribution is 2.28. The van der Waals surface area contributed by atoms with Crippen molar-refractivity contribution in [3.8, 4) is 10.6 Å². The third-order valence-corrected chi connectivity index (χ3v) is 4.70. The van der Waals surface area contributed by atoms with E-state index >= 15 is 0 Å². The summed E-state index contributed by atoms with van der Waals surface area (Å²) < 4.78 is 10.9. The Morgan fingerprint density at radius 2 is 2.04 bits per heavy atom. The molecule has 0 radical (unpaired) electrons. The van der Waals surface area contributed by atoms with Crippen LogP contribution in [0, 0.1) is 0 Å². The van der Waals surface area contributed by atoms with Gasteiger partial charge in [-0.05, 0) is 17.0 Å². The number of nitrogens with zero attached hydrogens (tertiary/aromatic N) is 2. The smallest absolute Gasteiger partial charge is 0.232 e. The zero-order valence-corrected chi connectivity index (χ0v) is 13.8. The van der Waals surface area contributed by atoms with Crippen molar-refractivity contribution >= 4 is 11.3 Å². The van der Waals surface area contributed by atoms with Crippen LogP contribution in [0.3, 0.4) is 0 Å². The molecule has 1 N–H and O–H groups in total. The highest BCUT2D eigenvalue weighted by molar-refractivity contribution is 7.13. The first-order valence-electron chi connectivity index (χ1n) is 7.70. The van der Waals surface area contributed by atoms with Crippen molar-refractivity contribution < 1.29 is 9.47 Å². The van der Waals surface area contributed by atoms with Crippen LogP contribution in [0.5, 0.6) is 0 Å². The maximum atomic E-state index is 5.60. The fourth-order valence-corrected chi connectivity index (χ4v) is 3.43. The van der Waals surface area contributed by atoms with Crippen LogP contribution >= 0.6 is 11.3 Å². The molecule has 1 aliphatic rings. The van der Waals surface area contributed by atoms with E-state index in [1.165, 1.54) is 5.56 Å². The minimum Gasteiger partial charge on any atom is -0.459 e. The number of nitrogens with one attached hydrogen (secondary N) is 1. The van der Waals surface area contributed by atoms with E-state index in [2.05, 4.69) is 38.7 Å². The molecule has 0 fully saturated rings. The van der Waals surface area contributed by atoms with Crippen molar-refractivity contribution in [1.29, 1.82) is 0 Å². The highest BCUT2D eigenvalue weighted by Gasteiger charge is 2.20. The summed E-state index contributed by atoms with van der Waals surface area (Å²) in [5, 5.41) is 9.46. The Balaban J connectivity index is 1.59. The molecule has 3 aromatic rings. The molecule has 3 heterocycles. The zero-order chi connectivity index (χ0) is 16.2. The van der Waals surface area contributed by atoms with Crippen LogP contribution in [0.25, 0.3) is 10.6 Å². The van der Waals surface area contributed by atoms with Gasteiger partial charge in [-0.2, -0.15) is 5.10 Å². The van der Waals surface area contributed by atoms with E-state index in [4.69, 9.17) is 9.47 Å². The number of thiophene rings is 1. The molecular formula is C18H17N3O2S. The monoisotopic (exact) mass is 339 g/mol. The van der Waals surface area contributed by atoms with Gasteiger partial charge in [0.15, 0.2) is 0 Å². The third-order valence-electron chi connectivity index (χ3n) is 3.82. The molecule has 0 atom stereocenters. The maximum absolute atomic E-state index is 5.60. The Morgan fingerprint density at radius 1 is 1.12 bits per heavy atom. The lowest BCUT2D eigenvalue weighted by atomic mass is 10.1. The zero-order valence-electron chi connectivity index (χ0n) is 13.0. The van der Waals surface area contributed by atoms with Gasteiger partial charge in [-0.3, -0.25) is 5.10 Å². The summed E-state index contributed by atoms with van der Waals surface area (Å²) in [6.07, 6.45) is 3.62. The van der Waals surface area contributed by atoms with Gasteiger partial charge in [-0.15, -0.1) is 11.3 Å². The van der Waals surface area contributed by atoms with E-state index in [1.54, 1.807) is 17.6 Å². The SMILES string of the molecule is C1=C(N(Cc2ccccc2)Cc2c[nH]nc2-c2cccs2)OCO1. The molecule has 0 amide bonds. The lowest BCUT2D eigenvalue weighted by Gasteiger charge is -2.23. The standard InChI is InChI=1S/C18H17N3O2S/c1-2-5-14(6-3-1)10-21(17-12-22-13-23-17)11-15-9-19-20-18(15)16-7-4-8-24-16/h1-9,12H,10-11,13H2,(H,19,20). The lowest BCUT2D eigenvalue weighted by molar-refractivity contribution is 0.0447. The molecule has 5 nitrogen and oxygen atoms in total. The van der Waals surface area contributed by atoms with E-state index in [0.29, 0.717) is 6.54 Å². The molecule has 0 bridgehead atoms. The minimum absolute atomic E-state index is 0.268. The van der Waals surface area contributed by atoms with E-state index in [9.17, 15) is 0 Å². The first-order valence-corrected chi connectivity index (χ1v) is 8.58. The van der Waals surface area contributed by atoms with Gasteiger partial charge in [0.05, 0.1) is 11.4 Å². The van der Waals surface area contributed by atoms with E-state index in [0.717, 1.165) is 28.6 Å². The normalized spacial score (nSPS) is 13.2. The molecule has 0 aliphatic carbocycles. The second kappa shape index (κ2) is 6.80. The van der Waals surface area contributed by atoms with Crippen LogP contribution < -0.4 is 0 Å². The molecule has 0 saturated carbocycles. The van der Waals surface area contributed by atoms with Gasteiger partial charge in [0.2, 0.25) is 12.7 Å². The van der Waals surface area contributed by atoms with Crippen molar-refractivity contribution in [3.63, 3.8) is 0 Å². The van der Waals surface area contributed by atoms with Gasteiger partial charge < -0.3 is 14.4 Å². The first kappa shape index (κ1) is 14.8. The van der Waals surface area contributed by atoms with Gasteiger partial charge >= 0.3 is 0 Å². The van der Waals surface area contributed by atoms with Gasteiger partial charge in [0, 0.05) is 18.3 Å². The highest BCUT2D eigenvalue weighted by atomic mass is 32.1. The summed E-state index contributed by atoms with van der Waals surface area (Å²) in [4.78, 5) is 3.31. The fourth-order valence-electron chi connectivity index (χ4n) is 2.68. The number of hydrogen-bond donors (Lipinski definition) is 1. The van der Waals surface area contributed by atoms with Gasteiger partial charge in [-0.25, -0.2) is 0 Å². The molecule has 0 saturated heterocycles. The quantitative estimate of drug-likeness (QED) is 0.739. The predicted octanol–water partition coefficient (Wildman–Crippen LogP) is 3.94. The van der Waals surface area contributed by atoms with Crippen LogP contribution in [-0.4, -0.2) is 21.9 Å². The summed E-state index contributed by atoms with van der Waals surface area (Å²) in [6, 6.07) is 14.5. The molecule has 0 spiro atoms. The van der Waals surface area contributed by atoms with Gasteiger partial charge in [0.25, 0.3) is 0 Å². The number of H-pyrrole nitrogens is 1.